The Morgan fingerprint density at radius 1 is 1.25 bits per heavy atom. The third-order valence-corrected chi connectivity index (χ3v) is 8.61. The number of carbonyl (C=O) groups excluding carboxylic acids is 1. The Morgan fingerprint density at radius 2 is 2.02 bits per heavy atom. The Hall–Kier alpha value is -4.13. The molecule has 1 atom stereocenters. The van der Waals surface area contributed by atoms with Gasteiger partial charge in [0.25, 0.3) is 0 Å². The number of nitrogens with one attached hydrogen (secondary N) is 1. The maximum atomic E-state index is 14.2. The molecule has 1 aliphatic rings. The number of rotatable bonds is 9. The summed E-state index contributed by atoms with van der Waals surface area (Å²) >= 11 is 1.49. The van der Waals surface area contributed by atoms with Crippen LogP contribution in [-0.4, -0.2) is 43.0 Å². The Balaban J connectivity index is 1.38. The number of benzene rings is 2. The quantitative estimate of drug-likeness (QED) is 0.191. The number of hydrogen-bond donors (Lipinski definition) is 1. The minimum absolute atomic E-state index is 0.0949. The van der Waals surface area contributed by atoms with Crippen molar-refractivity contribution in [3.8, 4) is 23.2 Å². The van der Waals surface area contributed by atoms with Crippen LogP contribution in [0.15, 0.2) is 60.7 Å². The van der Waals surface area contributed by atoms with Gasteiger partial charge in [0.15, 0.2) is 23.7 Å². The molecule has 0 spiro atoms. The summed E-state index contributed by atoms with van der Waals surface area (Å²) in [6, 6.07) is 15.4. The van der Waals surface area contributed by atoms with E-state index < -0.39 is 5.83 Å². The summed E-state index contributed by atoms with van der Waals surface area (Å²) in [5.74, 6) is 0.954. The zero-order chi connectivity index (χ0) is 28.1. The molecule has 0 bridgehead atoms. The fourth-order valence-electron chi connectivity index (χ4n) is 4.89. The first-order valence-electron chi connectivity index (χ1n) is 13.2. The summed E-state index contributed by atoms with van der Waals surface area (Å²) in [5, 5.41) is 14.3. The monoisotopic (exact) mass is 555 g/mol. The van der Waals surface area contributed by atoms with Gasteiger partial charge in [-0.15, -0.1) is 11.3 Å². The first-order valence-corrected chi connectivity index (χ1v) is 14.1. The standard InChI is InChI=1S/C31H30FN5O2S/c1-20(37(2)31-28(14-25(32)18-38)27-12-22(15-33)6-7-29(27)40-31)23-4-3-5-24(13-23)30-35-16-26(17-36-30)39-19-21-8-10-34-11-9-21/h3-7,12-14,16-18,20-21,34H,8-11,19H2,1-2H3/b25-14+/t20-/m0/s1. The van der Waals surface area contributed by atoms with Gasteiger partial charge >= 0.3 is 0 Å². The van der Waals surface area contributed by atoms with Crippen molar-refractivity contribution < 1.29 is 13.9 Å². The predicted octanol–water partition coefficient (Wildman–Crippen LogP) is 6.32. The second-order valence-corrected chi connectivity index (χ2v) is 11.0. The van der Waals surface area contributed by atoms with E-state index in [1.165, 1.54) is 17.4 Å². The Kier molecular flexibility index (Phi) is 8.48. The highest BCUT2D eigenvalue weighted by molar-refractivity contribution is 7.23. The number of nitriles is 1. The van der Waals surface area contributed by atoms with Crippen LogP contribution in [0.2, 0.25) is 0 Å². The Bertz CT molecular complexity index is 1570. The fourth-order valence-corrected chi connectivity index (χ4v) is 6.09. The van der Waals surface area contributed by atoms with Crippen molar-refractivity contribution in [1.29, 1.82) is 5.26 Å². The molecule has 0 amide bonds. The molecule has 0 aliphatic carbocycles. The van der Waals surface area contributed by atoms with Crippen LogP contribution in [0.25, 0.3) is 27.6 Å². The largest absolute Gasteiger partial charge is 0.490 e. The number of carbonyl (C=O) groups is 1. The summed E-state index contributed by atoms with van der Waals surface area (Å²) in [6.07, 6.45) is 7.11. The van der Waals surface area contributed by atoms with Gasteiger partial charge in [0.05, 0.1) is 41.7 Å². The van der Waals surface area contributed by atoms with Gasteiger partial charge < -0.3 is 15.0 Å². The number of piperidine rings is 1. The van der Waals surface area contributed by atoms with E-state index in [1.807, 2.05) is 31.3 Å². The van der Waals surface area contributed by atoms with Crippen molar-refractivity contribution >= 4 is 38.8 Å². The summed E-state index contributed by atoms with van der Waals surface area (Å²) in [6.45, 7) is 4.80. The molecular formula is C31H30FN5O2S. The Morgan fingerprint density at radius 3 is 2.75 bits per heavy atom. The topological polar surface area (TPSA) is 91.1 Å². The molecule has 1 aliphatic heterocycles. The molecule has 1 N–H and O–H groups in total. The van der Waals surface area contributed by atoms with Gasteiger partial charge in [-0.05, 0) is 74.7 Å². The van der Waals surface area contributed by atoms with E-state index in [2.05, 4.69) is 39.2 Å². The Labute approximate surface area is 236 Å². The maximum absolute atomic E-state index is 14.2. The van der Waals surface area contributed by atoms with E-state index in [4.69, 9.17) is 4.74 Å². The van der Waals surface area contributed by atoms with Crippen LogP contribution in [0.5, 0.6) is 5.75 Å². The zero-order valence-electron chi connectivity index (χ0n) is 22.4. The van der Waals surface area contributed by atoms with Gasteiger partial charge in [-0.25, -0.2) is 14.4 Å². The minimum atomic E-state index is -0.869. The molecule has 2 aromatic heterocycles. The van der Waals surface area contributed by atoms with Gasteiger partial charge in [0.1, 0.15) is 0 Å². The van der Waals surface area contributed by atoms with Crippen LogP contribution in [0.3, 0.4) is 0 Å². The first kappa shape index (κ1) is 27.4. The van der Waals surface area contributed by atoms with Crippen LogP contribution in [-0.2, 0) is 4.79 Å². The first-order chi connectivity index (χ1) is 19.5. The van der Waals surface area contributed by atoms with Crippen molar-refractivity contribution in [2.24, 2.45) is 5.92 Å². The van der Waals surface area contributed by atoms with E-state index in [9.17, 15) is 14.4 Å². The van der Waals surface area contributed by atoms with E-state index >= 15 is 0 Å². The lowest BCUT2D eigenvalue weighted by Gasteiger charge is -2.27. The van der Waals surface area contributed by atoms with Crippen molar-refractivity contribution in [1.82, 2.24) is 15.3 Å². The number of nitrogens with zero attached hydrogens (tertiary/aromatic N) is 4. The highest BCUT2D eigenvalue weighted by Gasteiger charge is 2.21. The second kappa shape index (κ2) is 12.4. The SMILES string of the molecule is C[C@@H](c1cccc(-c2ncc(OCC3CCNCC3)cn2)c1)N(C)c1sc2ccc(C#N)cc2c1/C=C(/F)C=O. The molecule has 4 aromatic rings. The van der Waals surface area contributed by atoms with Crippen LogP contribution in [0.1, 0.15) is 42.5 Å². The molecule has 0 radical (unpaired) electrons. The van der Waals surface area contributed by atoms with Crippen molar-refractivity contribution in [3.05, 3.63) is 77.4 Å². The highest BCUT2D eigenvalue weighted by Crippen LogP contribution is 2.42. The molecule has 9 heteroatoms. The minimum Gasteiger partial charge on any atom is -0.490 e. The van der Waals surface area contributed by atoms with E-state index in [-0.39, 0.29) is 12.3 Å². The van der Waals surface area contributed by atoms with E-state index in [0.717, 1.165) is 52.1 Å². The molecular weight excluding hydrogens is 525 g/mol. The number of allylic oxidation sites excluding steroid dienone is 1. The summed E-state index contributed by atoms with van der Waals surface area (Å²) in [5.41, 5.74) is 2.96. The maximum Gasteiger partial charge on any atom is 0.178 e. The molecule has 40 heavy (non-hydrogen) atoms. The van der Waals surface area contributed by atoms with E-state index in [0.29, 0.717) is 35.2 Å². The average Bonchev–Trinajstić information content (AvgIpc) is 3.37. The number of thiophene rings is 1. The summed E-state index contributed by atoms with van der Waals surface area (Å²) < 4.78 is 21.0. The van der Waals surface area contributed by atoms with E-state index in [1.54, 1.807) is 24.5 Å². The van der Waals surface area contributed by atoms with Crippen LogP contribution in [0, 0.1) is 17.2 Å². The van der Waals surface area contributed by atoms with Crippen LogP contribution < -0.4 is 15.0 Å². The molecule has 5 rings (SSSR count). The molecule has 0 unspecified atom stereocenters. The van der Waals surface area contributed by atoms with Crippen LogP contribution >= 0.6 is 11.3 Å². The zero-order valence-corrected chi connectivity index (χ0v) is 23.2. The smallest absolute Gasteiger partial charge is 0.178 e. The molecule has 3 heterocycles. The van der Waals surface area contributed by atoms with Gasteiger partial charge in [-0.3, -0.25) is 4.79 Å². The molecule has 1 fully saturated rings. The normalized spacial score (nSPS) is 15.0. The van der Waals surface area contributed by atoms with Gasteiger partial charge in [0.2, 0.25) is 0 Å². The number of ether oxygens (including phenoxy) is 1. The number of halogens is 1. The van der Waals surface area contributed by atoms with Crippen molar-refractivity contribution in [2.45, 2.75) is 25.8 Å². The van der Waals surface area contributed by atoms with Crippen molar-refractivity contribution in [3.63, 3.8) is 0 Å². The molecule has 2 aromatic carbocycles. The average molecular weight is 556 g/mol. The fraction of sp³-hybridized carbons (Fsp3) is 0.290. The van der Waals surface area contributed by atoms with Crippen LogP contribution in [0.4, 0.5) is 9.39 Å². The molecule has 0 saturated carbocycles. The number of hydrogen-bond acceptors (Lipinski definition) is 8. The number of aldehydes is 1. The van der Waals surface area contributed by atoms with Gasteiger partial charge in [-0.1, -0.05) is 18.2 Å². The highest BCUT2D eigenvalue weighted by atomic mass is 32.1. The lowest BCUT2D eigenvalue weighted by molar-refractivity contribution is -0.106. The second-order valence-electron chi connectivity index (χ2n) is 9.95. The number of anilines is 1. The summed E-state index contributed by atoms with van der Waals surface area (Å²) in [4.78, 5) is 22.3. The third kappa shape index (κ3) is 6.03. The van der Waals surface area contributed by atoms with Gasteiger partial charge in [0, 0.05) is 28.3 Å². The number of aromatic nitrogens is 2. The molecule has 204 valence electrons. The third-order valence-electron chi connectivity index (χ3n) is 7.33. The number of fused-ring (bicyclic) bond motifs is 1. The summed E-state index contributed by atoms with van der Waals surface area (Å²) in [7, 11) is 1.94. The molecule has 7 nitrogen and oxygen atoms in total. The van der Waals surface area contributed by atoms with Gasteiger partial charge in [-0.2, -0.15) is 5.26 Å². The predicted molar refractivity (Wildman–Crippen MR) is 157 cm³/mol. The lowest BCUT2D eigenvalue weighted by atomic mass is 9.99. The lowest BCUT2D eigenvalue weighted by Crippen LogP contribution is -2.30. The molecule has 1 saturated heterocycles. The van der Waals surface area contributed by atoms with Crippen molar-refractivity contribution in [2.75, 3.05) is 31.6 Å².